The average Bonchev–Trinajstić information content (AvgIpc) is 2.62. The van der Waals surface area contributed by atoms with E-state index >= 15 is 0 Å². The number of benzene rings is 2. The molecule has 0 aromatic heterocycles. The second-order valence-electron chi connectivity index (χ2n) is 5.48. The number of nitrogens with zero attached hydrogens (tertiary/aromatic N) is 1. The minimum Gasteiger partial charge on any atom is -0.497 e. The van der Waals surface area contributed by atoms with E-state index in [9.17, 15) is 4.39 Å². The molecule has 0 saturated carbocycles. The van der Waals surface area contributed by atoms with Crippen molar-refractivity contribution in [1.29, 1.82) is 0 Å². The summed E-state index contributed by atoms with van der Waals surface area (Å²) in [6.07, 6.45) is 0.750. The fourth-order valence-electron chi connectivity index (χ4n) is 2.69. The smallest absolute Gasteiger partial charge is 0.123 e. The number of ether oxygens (including phenoxy) is 1. The monoisotopic (exact) mass is 349 g/mol. The molecule has 2 N–H and O–H groups in total. The predicted octanol–water partition coefficient (Wildman–Crippen LogP) is 3.09. The Hall–Kier alpha value is -2.11. The zero-order valence-corrected chi connectivity index (χ0v) is 14.3. The Morgan fingerprint density at radius 2 is 1.83 bits per heavy atom. The second kappa shape index (κ2) is 8.66. The van der Waals surface area contributed by atoms with E-state index in [1.807, 2.05) is 36.4 Å². The number of amidine groups is 1. The van der Waals surface area contributed by atoms with Crippen LogP contribution in [0.5, 0.6) is 5.75 Å². The van der Waals surface area contributed by atoms with Gasteiger partial charge in [-0.05, 0) is 41.8 Å². The van der Waals surface area contributed by atoms with Crippen LogP contribution in [-0.2, 0) is 6.42 Å². The summed E-state index contributed by atoms with van der Waals surface area (Å²) in [7, 11) is 1.65. The number of hydrazine groups is 1. The first-order chi connectivity index (χ1) is 11.3. The lowest BCUT2D eigenvalue weighted by atomic mass is 9.90. The first-order valence-electron chi connectivity index (χ1n) is 7.68. The van der Waals surface area contributed by atoms with Gasteiger partial charge in [0.2, 0.25) is 0 Å². The Kier molecular flexibility index (Phi) is 6.58. The van der Waals surface area contributed by atoms with Crippen LogP contribution in [0.2, 0.25) is 0 Å². The van der Waals surface area contributed by atoms with Crippen LogP contribution in [0.15, 0.2) is 53.5 Å². The number of hydrogen-bond donors (Lipinski definition) is 2. The fourth-order valence-corrected chi connectivity index (χ4v) is 2.69. The van der Waals surface area contributed by atoms with Gasteiger partial charge in [-0.25, -0.2) is 9.82 Å². The quantitative estimate of drug-likeness (QED) is 0.872. The second-order valence-corrected chi connectivity index (χ2v) is 5.48. The molecule has 24 heavy (non-hydrogen) atoms. The van der Waals surface area contributed by atoms with E-state index in [0.29, 0.717) is 0 Å². The molecule has 0 fully saturated rings. The van der Waals surface area contributed by atoms with Crippen molar-refractivity contribution in [2.45, 2.75) is 12.3 Å². The Balaban J connectivity index is 0.00000208. The Morgan fingerprint density at radius 1 is 1.12 bits per heavy atom. The van der Waals surface area contributed by atoms with Gasteiger partial charge in [0.05, 0.1) is 13.7 Å². The standard InChI is InChI=1S/C18H20FN3O.ClH/c1-23-16-8-4-14(5-9-16)17(18-20-10-11-21-22-18)12-13-2-6-15(19)7-3-13;/h2-9,17,21H,10-12H2,1H3,(H,20,22);1H. The van der Waals surface area contributed by atoms with E-state index in [1.165, 1.54) is 12.1 Å². The normalized spacial score (nSPS) is 14.8. The van der Waals surface area contributed by atoms with Crippen LogP contribution < -0.4 is 15.6 Å². The molecule has 6 heteroatoms. The van der Waals surface area contributed by atoms with Crippen LogP contribution in [0.4, 0.5) is 4.39 Å². The van der Waals surface area contributed by atoms with E-state index in [1.54, 1.807) is 7.11 Å². The predicted molar refractivity (Wildman–Crippen MR) is 96.5 cm³/mol. The SMILES string of the molecule is COc1ccc(C(Cc2ccc(F)cc2)C2=NCCNN2)cc1.Cl. The molecular weight excluding hydrogens is 329 g/mol. The third kappa shape index (κ3) is 4.46. The number of rotatable bonds is 5. The van der Waals surface area contributed by atoms with Crippen molar-refractivity contribution in [3.8, 4) is 5.75 Å². The molecule has 0 spiro atoms. The lowest BCUT2D eigenvalue weighted by molar-refractivity contribution is 0.414. The summed E-state index contributed by atoms with van der Waals surface area (Å²) < 4.78 is 18.4. The van der Waals surface area contributed by atoms with Crippen LogP contribution in [-0.4, -0.2) is 26.0 Å². The highest BCUT2D eigenvalue weighted by Gasteiger charge is 2.20. The molecule has 1 aliphatic rings. The summed E-state index contributed by atoms with van der Waals surface area (Å²) in [4.78, 5) is 4.60. The third-order valence-electron chi connectivity index (χ3n) is 3.94. The van der Waals surface area contributed by atoms with Gasteiger partial charge in [-0.3, -0.25) is 4.99 Å². The molecule has 128 valence electrons. The van der Waals surface area contributed by atoms with Gasteiger partial charge in [-0.2, -0.15) is 0 Å². The highest BCUT2D eigenvalue weighted by Crippen LogP contribution is 2.25. The molecule has 4 nitrogen and oxygen atoms in total. The number of methoxy groups -OCH3 is 1. The minimum atomic E-state index is -0.218. The lowest BCUT2D eigenvalue weighted by Gasteiger charge is -2.24. The summed E-state index contributed by atoms with van der Waals surface area (Å²) in [6, 6.07) is 14.6. The Labute approximate surface area is 147 Å². The molecular formula is C18H21ClFN3O. The van der Waals surface area contributed by atoms with E-state index in [-0.39, 0.29) is 24.1 Å². The van der Waals surface area contributed by atoms with E-state index < -0.39 is 0 Å². The molecule has 2 aromatic rings. The van der Waals surface area contributed by atoms with Gasteiger partial charge in [0.25, 0.3) is 0 Å². The van der Waals surface area contributed by atoms with Gasteiger partial charge in [0, 0.05) is 12.5 Å². The first kappa shape index (κ1) is 18.2. The molecule has 0 aliphatic carbocycles. The summed E-state index contributed by atoms with van der Waals surface area (Å²) in [5, 5.41) is 0. The largest absolute Gasteiger partial charge is 0.497 e. The molecule has 0 saturated heterocycles. The van der Waals surface area contributed by atoms with Crippen molar-refractivity contribution in [2.75, 3.05) is 20.2 Å². The van der Waals surface area contributed by atoms with E-state index in [0.717, 1.165) is 42.2 Å². The maximum Gasteiger partial charge on any atom is 0.123 e. The lowest BCUT2D eigenvalue weighted by Crippen LogP contribution is -2.46. The molecule has 1 unspecified atom stereocenters. The number of aliphatic imine (C=N–C) groups is 1. The molecule has 0 amide bonds. The summed E-state index contributed by atoms with van der Waals surface area (Å²) in [6.45, 7) is 1.56. The van der Waals surface area contributed by atoms with E-state index in [2.05, 4.69) is 15.8 Å². The Morgan fingerprint density at radius 3 is 2.42 bits per heavy atom. The van der Waals surface area contributed by atoms with Crippen molar-refractivity contribution in [3.63, 3.8) is 0 Å². The van der Waals surface area contributed by atoms with Crippen molar-refractivity contribution < 1.29 is 9.13 Å². The molecule has 3 rings (SSSR count). The average molecular weight is 350 g/mol. The topological polar surface area (TPSA) is 45.6 Å². The van der Waals surface area contributed by atoms with Crippen LogP contribution >= 0.6 is 12.4 Å². The molecule has 0 radical (unpaired) electrons. The van der Waals surface area contributed by atoms with Gasteiger partial charge >= 0.3 is 0 Å². The van der Waals surface area contributed by atoms with Crippen LogP contribution in [0.1, 0.15) is 17.0 Å². The molecule has 2 aromatic carbocycles. The maximum atomic E-state index is 13.1. The van der Waals surface area contributed by atoms with Crippen molar-refractivity contribution >= 4 is 18.2 Å². The van der Waals surface area contributed by atoms with Gasteiger partial charge in [0.15, 0.2) is 0 Å². The maximum absolute atomic E-state index is 13.1. The highest BCUT2D eigenvalue weighted by molar-refractivity contribution is 5.89. The van der Waals surface area contributed by atoms with Crippen molar-refractivity contribution in [2.24, 2.45) is 4.99 Å². The fraction of sp³-hybridized carbons (Fsp3) is 0.278. The summed E-state index contributed by atoms with van der Waals surface area (Å²) in [5.74, 6) is 1.60. The van der Waals surface area contributed by atoms with Gasteiger partial charge < -0.3 is 10.2 Å². The van der Waals surface area contributed by atoms with E-state index in [4.69, 9.17) is 4.74 Å². The van der Waals surface area contributed by atoms with Crippen molar-refractivity contribution in [3.05, 3.63) is 65.5 Å². The van der Waals surface area contributed by atoms with Crippen LogP contribution in [0.3, 0.4) is 0 Å². The van der Waals surface area contributed by atoms with Gasteiger partial charge in [-0.15, -0.1) is 12.4 Å². The molecule has 0 bridgehead atoms. The minimum absolute atomic E-state index is 0. The number of nitrogens with one attached hydrogen (secondary N) is 2. The van der Waals surface area contributed by atoms with Crippen LogP contribution in [0, 0.1) is 5.82 Å². The molecule has 1 aliphatic heterocycles. The third-order valence-corrected chi connectivity index (χ3v) is 3.94. The Bertz CT molecular complexity index is 674. The highest BCUT2D eigenvalue weighted by atomic mass is 35.5. The molecule has 1 atom stereocenters. The number of hydrogen-bond acceptors (Lipinski definition) is 4. The first-order valence-corrected chi connectivity index (χ1v) is 7.68. The zero-order chi connectivity index (χ0) is 16.1. The molecule has 1 heterocycles. The zero-order valence-electron chi connectivity index (χ0n) is 13.5. The summed E-state index contributed by atoms with van der Waals surface area (Å²) in [5.41, 5.74) is 8.52. The van der Waals surface area contributed by atoms with Gasteiger partial charge in [-0.1, -0.05) is 24.3 Å². The summed E-state index contributed by atoms with van der Waals surface area (Å²) >= 11 is 0. The van der Waals surface area contributed by atoms with Crippen LogP contribution in [0.25, 0.3) is 0 Å². The van der Waals surface area contributed by atoms with Crippen molar-refractivity contribution in [1.82, 2.24) is 10.9 Å². The van der Waals surface area contributed by atoms with Gasteiger partial charge in [0.1, 0.15) is 17.4 Å². The number of halogens is 2.